The number of aromatic nitrogens is 2. The summed E-state index contributed by atoms with van der Waals surface area (Å²) >= 11 is 1.18. The first-order valence-corrected chi connectivity index (χ1v) is 11.2. The van der Waals surface area contributed by atoms with Gasteiger partial charge in [0.2, 0.25) is 5.91 Å². The van der Waals surface area contributed by atoms with Gasteiger partial charge < -0.3 is 19.4 Å². The first-order valence-electron chi connectivity index (χ1n) is 10.4. The number of piperazine rings is 1. The number of morpholine rings is 1. The van der Waals surface area contributed by atoms with Gasteiger partial charge in [0.1, 0.15) is 15.5 Å². The van der Waals surface area contributed by atoms with Crippen LogP contribution in [0.4, 0.5) is 0 Å². The second-order valence-corrected chi connectivity index (χ2v) is 8.79. The highest BCUT2D eigenvalue weighted by Crippen LogP contribution is 2.27. The summed E-state index contributed by atoms with van der Waals surface area (Å²) in [6.45, 7) is 8.36. The molecule has 2 aromatic rings. The van der Waals surface area contributed by atoms with E-state index in [1.165, 1.54) is 18.4 Å². The topological polar surface area (TPSA) is 108 Å². The molecule has 11 heteroatoms. The lowest BCUT2D eigenvalue weighted by Crippen LogP contribution is -2.52. The van der Waals surface area contributed by atoms with Gasteiger partial charge in [0.05, 0.1) is 38.8 Å². The number of hydrogen-bond acceptors (Lipinski definition) is 9. The Morgan fingerprint density at radius 1 is 1.13 bits per heavy atom. The molecule has 0 aromatic carbocycles. The number of carbonyl (C=O) groups is 2. The molecule has 2 aliphatic rings. The molecular weight excluding hydrogens is 422 g/mol. The molecule has 2 fully saturated rings. The van der Waals surface area contributed by atoms with Crippen molar-refractivity contribution < 1.29 is 19.1 Å². The summed E-state index contributed by atoms with van der Waals surface area (Å²) in [5.74, 6) is 0.251. The molecule has 31 heavy (non-hydrogen) atoms. The van der Waals surface area contributed by atoms with Gasteiger partial charge in [0.25, 0.3) is 5.56 Å². The summed E-state index contributed by atoms with van der Waals surface area (Å²) in [4.78, 5) is 51.6. The molecule has 4 rings (SSSR count). The minimum Gasteiger partial charge on any atom is -0.465 e. The molecule has 0 bridgehead atoms. The van der Waals surface area contributed by atoms with E-state index in [0.29, 0.717) is 79.0 Å². The molecule has 0 unspecified atom stereocenters. The van der Waals surface area contributed by atoms with E-state index in [0.717, 1.165) is 13.1 Å². The SMILES string of the molecule is COC(=O)c1sc2nc(CN3CCN(C(=O)CN4CCOCC4)CC3)[nH]c(=O)c2c1C. The maximum atomic E-state index is 12.6. The number of nitrogens with zero attached hydrogens (tertiary/aromatic N) is 4. The van der Waals surface area contributed by atoms with Crippen LogP contribution in [0.15, 0.2) is 4.79 Å². The zero-order valence-corrected chi connectivity index (χ0v) is 18.6. The van der Waals surface area contributed by atoms with Crippen LogP contribution in [0, 0.1) is 6.92 Å². The van der Waals surface area contributed by atoms with Crippen LogP contribution >= 0.6 is 11.3 Å². The van der Waals surface area contributed by atoms with Crippen molar-refractivity contribution in [2.75, 3.05) is 66.1 Å². The molecule has 2 saturated heterocycles. The summed E-state index contributed by atoms with van der Waals surface area (Å²) in [5.41, 5.74) is 0.350. The molecule has 1 N–H and O–H groups in total. The van der Waals surface area contributed by atoms with Gasteiger partial charge in [0, 0.05) is 39.3 Å². The largest absolute Gasteiger partial charge is 0.465 e. The van der Waals surface area contributed by atoms with Crippen molar-refractivity contribution in [3.05, 3.63) is 26.6 Å². The summed E-state index contributed by atoms with van der Waals surface area (Å²) in [6.07, 6.45) is 0. The van der Waals surface area contributed by atoms with Gasteiger partial charge in [-0.1, -0.05) is 0 Å². The van der Waals surface area contributed by atoms with Crippen molar-refractivity contribution in [2.24, 2.45) is 0 Å². The number of aromatic amines is 1. The Hall–Kier alpha value is -2.34. The van der Waals surface area contributed by atoms with E-state index in [4.69, 9.17) is 9.47 Å². The van der Waals surface area contributed by atoms with Crippen LogP contribution in [0.1, 0.15) is 21.1 Å². The summed E-state index contributed by atoms with van der Waals surface area (Å²) in [6, 6.07) is 0. The normalized spacial score (nSPS) is 18.5. The molecule has 10 nitrogen and oxygen atoms in total. The maximum Gasteiger partial charge on any atom is 0.348 e. The van der Waals surface area contributed by atoms with Gasteiger partial charge >= 0.3 is 5.97 Å². The fourth-order valence-corrected chi connectivity index (χ4v) is 5.09. The standard InChI is InChI=1S/C20H27N5O5S/c1-13-16-18(27)21-14(22-19(16)31-17(13)20(28)29-2)11-23-3-5-25(6-4-23)15(26)12-24-7-9-30-10-8-24/h3-12H2,1-2H3,(H,21,22,27). The van der Waals surface area contributed by atoms with Crippen molar-refractivity contribution >= 4 is 33.4 Å². The molecule has 168 valence electrons. The quantitative estimate of drug-likeness (QED) is 0.639. The molecule has 0 spiro atoms. The number of ether oxygens (including phenoxy) is 2. The van der Waals surface area contributed by atoms with Crippen LogP contribution in [-0.4, -0.2) is 103 Å². The fraction of sp³-hybridized carbons (Fsp3) is 0.600. The van der Waals surface area contributed by atoms with Crippen molar-refractivity contribution in [1.82, 2.24) is 24.7 Å². The highest BCUT2D eigenvalue weighted by Gasteiger charge is 2.25. The van der Waals surface area contributed by atoms with Crippen LogP contribution in [0.25, 0.3) is 10.2 Å². The predicted octanol–water partition coefficient (Wildman–Crippen LogP) is 0.0560. The van der Waals surface area contributed by atoms with Crippen molar-refractivity contribution in [3.8, 4) is 0 Å². The summed E-state index contributed by atoms with van der Waals surface area (Å²) < 4.78 is 10.1. The number of aryl methyl sites for hydroxylation is 1. The van der Waals surface area contributed by atoms with E-state index in [-0.39, 0.29) is 11.5 Å². The Bertz CT molecular complexity index is 1020. The van der Waals surface area contributed by atoms with Crippen molar-refractivity contribution in [1.29, 1.82) is 0 Å². The second-order valence-electron chi connectivity index (χ2n) is 7.79. The second kappa shape index (κ2) is 9.43. The van der Waals surface area contributed by atoms with Gasteiger partial charge in [-0.15, -0.1) is 11.3 Å². The average Bonchev–Trinajstić information content (AvgIpc) is 3.11. The van der Waals surface area contributed by atoms with Crippen molar-refractivity contribution in [2.45, 2.75) is 13.5 Å². The fourth-order valence-electron chi connectivity index (χ4n) is 3.97. The smallest absolute Gasteiger partial charge is 0.348 e. The minimum atomic E-state index is -0.459. The van der Waals surface area contributed by atoms with E-state index in [2.05, 4.69) is 19.8 Å². The van der Waals surface area contributed by atoms with Gasteiger partial charge in [-0.2, -0.15) is 0 Å². The first kappa shape index (κ1) is 21.9. The molecule has 0 radical (unpaired) electrons. The predicted molar refractivity (Wildman–Crippen MR) is 115 cm³/mol. The lowest BCUT2D eigenvalue weighted by molar-refractivity contribution is -0.135. The molecule has 0 saturated carbocycles. The number of H-pyrrole nitrogens is 1. The first-order chi connectivity index (χ1) is 15.0. The van der Waals surface area contributed by atoms with Crippen LogP contribution in [0.3, 0.4) is 0 Å². The van der Waals surface area contributed by atoms with Crippen LogP contribution in [0.2, 0.25) is 0 Å². The highest BCUT2D eigenvalue weighted by molar-refractivity contribution is 7.20. The lowest BCUT2D eigenvalue weighted by Gasteiger charge is -2.36. The number of hydrogen-bond donors (Lipinski definition) is 1. The Labute approximate surface area is 183 Å². The Balaban J connectivity index is 1.37. The molecule has 4 heterocycles. The third-order valence-electron chi connectivity index (χ3n) is 5.78. The van der Waals surface area contributed by atoms with E-state index >= 15 is 0 Å². The molecule has 0 atom stereocenters. The monoisotopic (exact) mass is 449 g/mol. The van der Waals surface area contributed by atoms with E-state index in [9.17, 15) is 14.4 Å². The van der Waals surface area contributed by atoms with Gasteiger partial charge in [-0.3, -0.25) is 19.4 Å². The number of amides is 1. The number of methoxy groups -OCH3 is 1. The zero-order valence-electron chi connectivity index (χ0n) is 17.8. The molecule has 2 aliphatic heterocycles. The van der Waals surface area contributed by atoms with Crippen LogP contribution in [0.5, 0.6) is 0 Å². The highest BCUT2D eigenvalue weighted by atomic mass is 32.1. The molecule has 1 amide bonds. The lowest BCUT2D eigenvalue weighted by atomic mass is 10.2. The van der Waals surface area contributed by atoms with E-state index in [1.54, 1.807) is 6.92 Å². The molecule has 2 aromatic heterocycles. The van der Waals surface area contributed by atoms with Gasteiger partial charge in [-0.25, -0.2) is 9.78 Å². The Kier molecular flexibility index (Phi) is 6.65. The third kappa shape index (κ3) is 4.79. The Morgan fingerprint density at radius 3 is 2.52 bits per heavy atom. The van der Waals surface area contributed by atoms with Crippen LogP contribution < -0.4 is 5.56 Å². The van der Waals surface area contributed by atoms with Crippen molar-refractivity contribution in [3.63, 3.8) is 0 Å². The maximum absolute atomic E-state index is 12.6. The third-order valence-corrected chi connectivity index (χ3v) is 6.95. The number of thiophene rings is 1. The average molecular weight is 450 g/mol. The van der Waals surface area contributed by atoms with Crippen LogP contribution in [-0.2, 0) is 20.8 Å². The summed E-state index contributed by atoms with van der Waals surface area (Å²) in [5, 5.41) is 0.438. The molecule has 0 aliphatic carbocycles. The van der Waals surface area contributed by atoms with Gasteiger partial charge in [-0.05, 0) is 12.5 Å². The minimum absolute atomic E-state index is 0.152. The van der Waals surface area contributed by atoms with E-state index in [1.807, 2.05) is 4.90 Å². The zero-order chi connectivity index (χ0) is 22.0. The summed E-state index contributed by atoms with van der Waals surface area (Å²) in [7, 11) is 1.32. The number of esters is 1. The number of carbonyl (C=O) groups excluding carboxylic acids is 2. The number of nitrogens with one attached hydrogen (secondary N) is 1. The van der Waals surface area contributed by atoms with Gasteiger partial charge in [0.15, 0.2) is 0 Å². The molecular formula is C20H27N5O5S. The van der Waals surface area contributed by atoms with E-state index < -0.39 is 5.97 Å². The Morgan fingerprint density at radius 2 is 1.84 bits per heavy atom. The number of rotatable bonds is 5. The number of fused-ring (bicyclic) bond motifs is 1.